The summed E-state index contributed by atoms with van der Waals surface area (Å²) < 4.78 is 5.40. The Kier molecular flexibility index (Phi) is 3.12. The zero-order chi connectivity index (χ0) is 15.6. The van der Waals surface area contributed by atoms with Crippen molar-refractivity contribution in [1.82, 2.24) is 15.2 Å². The highest BCUT2D eigenvalue weighted by Gasteiger charge is 2.15. The molecule has 1 amide bonds. The Morgan fingerprint density at radius 3 is 2.83 bits per heavy atom. The van der Waals surface area contributed by atoms with Gasteiger partial charge in [0.1, 0.15) is 11.5 Å². The van der Waals surface area contributed by atoms with Crippen molar-refractivity contribution in [1.29, 1.82) is 0 Å². The molecule has 6 nitrogen and oxygen atoms in total. The summed E-state index contributed by atoms with van der Waals surface area (Å²) in [4.78, 5) is 17.2. The number of hydrogen-bond donors (Lipinski definition) is 2. The van der Waals surface area contributed by atoms with Crippen LogP contribution in [0.2, 0.25) is 0 Å². The van der Waals surface area contributed by atoms with Crippen LogP contribution in [0.15, 0.2) is 65.4 Å². The largest absolute Gasteiger partial charge is 0.463 e. The minimum absolute atomic E-state index is 0.236. The number of carbonyl (C=O) groups excluding carboxylic acids is 1. The smallest absolute Gasteiger partial charge is 0.257 e. The molecule has 0 atom stereocenters. The predicted molar refractivity (Wildman–Crippen MR) is 86.0 cm³/mol. The Morgan fingerprint density at radius 2 is 2.04 bits per heavy atom. The van der Waals surface area contributed by atoms with Gasteiger partial charge in [-0.1, -0.05) is 18.2 Å². The lowest BCUT2D eigenvalue weighted by Crippen LogP contribution is -2.13. The number of H-pyrrole nitrogens is 1. The van der Waals surface area contributed by atoms with Crippen LogP contribution in [0.5, 0.6) is 0 Å². The van der Waals surface area contributed by atoms with E-state index < -0.39 is 0 Å². The first kappa shape index (κ1) is 13.3. The van der Waals surface area contributed by atoms with Crippen LogP contribution in [0, 0.1) is 0 Å². The third kappa shape index (κ3) is 2.46. The van der Waals surface area contributed by atoms with E-state index in [2.05, 4.69) is 20.5 Å². The Labute approximate surface area is 131 Å². The number of carbonyl (C=O) groups is 1. The number of aromatic nitrogens is 3. The minimum Gasteiger partial charge on any atom is -0.463 e. The first-order valence-corrected chi connectivity index (χ1v) is 7.06. The van der Waals surface area contributed by atoms with Crippen LogP contribution in [0.4, 0.5) is 5.82 Å². The van der Waals surface area contributed by atoms with Crippen molar-refractivity contribution in [3.63, 3.8) is 0 Å². The molecule has 0 aliphatic carbocycles. The number of fused-ring (bicyclic) bond motifs is 1. The molecule has 0 fully saturated rings. The average Bonchev–Trinajstić information content (AvgIpc) is 3.27. The Morgan fingerprint density at radius 1 is 1.13 bits per heavy atom. The van der Waals surface area contributed by atoms with Gasteiger partial charge in [0.15, 0.2) is 5.76 Å². The standard InChI is InChI=1S/C17H12N4O2/c22-17(20-16-7-8-18-21-16)12-10-14(15-6-3-9-23-15)19-13-5-2-1-4-11(12)13/h1-10H,(H2,18,20,21,22). The number of para-hydroxylation sites is 1. The average molecular weight is 304 g/mol. The van der Waals surface area contributed by atoms with Gasteiger partial charge in [-0.3, -0.25) is 9.89 Å². The summed E-state index contributed by atoms with van der Waals surface area (Å²) in [6.45, 7) is 0. The molecule has 1 aromatic carbocycles. The maximum absolute atomic E-state index is 12.6. The molecule has 23 heavy (non-hydrogen) atoms. The fourth-order valence-corrected chi connectivity index (χ4v) is 2.43. The van der Waals surface area contributed by atoms with Gasteiger partial charge in [-0.15, -0.1) is 0 Å². The van der Waals surface area contributed by atoms with Crippen molar-refractivity contribution in [3.8, 4) is 11.5 Å². The maximum Gasteiger partial charge on any atom is 0.257 e. The molecule has 0 unspecified atom stereocenters. The summed E-state index contributed by atoms with van der Waals surface area (Å²) in [7, 11) is 0. The lowest BCUT2D eigenvalue weighted by atomic mass is 10.1. The topological polar surface area (TPSA) is 83.8 Å². The van der Waals surface area contributed by atoms with Crippen molar-refractivity contribution >= 4 is 22.6 Å². The van der Waals surface area contributed by atoms with Crippen molar-refractivity contribution in [2.75, 3.05) is 5.32 Å². The molecule has 4 rings (SSSR count). The van der Waals surface area contributed by atoms with E-state index in [1.54, 1.807) is 30.7 Å². The number of furan rings is 1. The van der Waals surface area contributed by atoms with E-state index in [4.69, 9.17) is 4.42 Å². The highest BCUT2D eigenvalue weighted by molar-refractivity contribution is 6.12. The third-order valence-electron chi connectivity index (χ3n) is 3.48. The fourth-order valence-electron chi connectivity index (χ4n) is 2.43. The molecule has 3 heterocycles. The molecule has 3 aromatic heterocycles. The Bertz CT molecular complexity index is 960. The number of anilines is 1. The fraction of sp³-hybridized carbons (Fsp3) is 0. The van der Waals surface area contributed by atoms with Crippen molar-refractivity contribution in [2.45, 2.75) is 0 Å². The summed E-state index contributed by atoms with van der Waals surface area (Å²) >= 11 is 0. The number of nitrogens with one attached hydrogen (secondary N) is 2. The molecule has 0 bridgehead atoms. The molecular formula is C17H12N4O2. The summed E-state index contributed by atoms with van der Waals surface area (Å²) in [6, 6.07) is 14.5. The van der Waals surface area contributed by atoms with Crippen LogP contribution in [-0.2, 0) is 0 Å². The predicted octanol–water partition coefficient (Wildman–Crippen LogP) is 3.47. The number of pyridine rings is 1. The highest BCUT2D eigenvalue weighted by Crippen LogP contribution is 2.25. The van der Waals surface area contributed by atoms with Crippen molar-refractivity contribution in [2.24, 2.45) is 0 Å². The summed E-state index contributed by atoms with van der Waals surface area (Å²) in [6.07, 6.45) is 3.16. The third-order valence-corrected chi connectivity index (χ3v) is 3.48. The van der Waals surface area contributed by atoms with Crippen LogP contribution in [0.3, 0.4) is 0 Å². The van der Waals surface area contributed by atoms with E-state index in [0.29, 0.717) is 22.8 Å². The first-order chi connectivity index (χ1) is 11.3. The molecule has 0 saturated carbocycles. The number of rotatable bonds is 3. The normalized spacial score (nSPS) is 10.8. The van der Waals surface area contributed by atoms with Gasteiger partial charge in [0.2, 0.25) is 0 Å². The van der Waals surface area contributed by atoms with Crippen LogP contribution in [-0.4, -0.2) is 21.1 Å². The van der Waals surface area contributed by atoms with Gasteiger partial charge < -0.3 is 9.73 Å². The summed E-state index contributed by atoms with van der Waals surface area (Å²) in [5, 5.41) is 10.1. The first-order valence-electron chi connectivity index (χ1n) is 7.06. The second-order valence-electron chi connectivity index (χ2n) is 4.97. The molecule has 0 radical (unpaired) electrons. The SMILES string of the molecule is O=C(Nc1ccn[nH]1)c1cc(-c2ccco2)nc2ccccc12. The quantitative estimate of drug-likeness (QED) is 0.607. The second kappa shape index (κ2) is 5.42. The lowest BCUT2D eigenvalue weighted by molar-refractivity contribution is 0.102. The van der Waals surface area contributed by atoms with E-state index >= 15 is 0 Å². The van der Waals surface area contributed by atoms with Crippen molar-refractivity contribution in [3.05, 3.63) is 66.6 Å². The minimum atomic E-state index is -0.236. The van der Waals surface area contributed by atoms with Crippen LogP contribution in [0.25, 0.3) is 22.4 Å². The highest BCUT2D eigenvalue weighted by atomic mass is 16.3. The molecular weight excluding hydrogens is 292 g/mol. The van der Waals surface area contributed by atoms with E-state index in [1.807, 2.05) is 30.3 Å². The molecule has 2 N–H and O–H groups in total. The zero-order valence-corrected chi connectivity index (χ0v) is 12.0. The van der Waals surface area contributed by atoms with Gasteiger partial charge in [0, 0.05) is 11.5 Å². The zero-order valence-electron chi connectivity index (χ0n) is 12.0. The summed E-state index contributed by atoms with van der Waals surface area (Å²) in [5.41, 5.74) is 1.87. The van der Waals surface area contributed by atoms with Crippen LogP contribution in [0.1, 0.15) is 10.4 Å². The molecule has 0 saturated heterocycles. The van der Waals surface area contributed by atoms with E-state index in [1.165, 1.54) is 0 Å². The molecule has 6 heteroatoms. The number of hydrogen-bond acceptors (Lipinski definition) is 4. The molecule has 0 aliphatic rings. The number of aromatic amines is 1. The number of amides is 1. The van der Waals surface area contributed by atoms with Gasteiger partial charge in [-0.25, -0.2) is 4.98 Å². The molecule has 0 aliphatic heterocycles. The Balaban J connectivity index is 1.85. The van der Waals surface area contributed by atoms with E-state index in [-0.39, 0.29) is 5.91 Å². The summed E-state index contributed by atoms with van der Waals surface area (Å²) in [5.74, 6) is 0.919. The van der Waals surface area contributed by atoms with Gasteiger partial charge >= 0.3 is 0 Å². The maximum atomic E-state index is 12.6. The van der Waals surface area contributed by atoms with E-state index in [9.17, 15) is 4.79 Å². The van der Waals surface area contributed by atoms with Gasteiger partial charge in [-0.2, -0.15) is 5.10 Å². The van der Waals surface area contributed by atoms with Gasteiger partial charge in [-0.05, 0) is 24.3 Å². The van der Waals surface area contributed by atoms with Crippen molar-refractivity contribution < 1.29 is 9.21 Å². The van der Waals surface area contributed by atoms with Crippen LogP contribution < -0.4 is 5.32 Å². The molecule has 4 aromatic rings. The van der Waals surface area contributed by atoms with Gasteiger partial charge in [0.05, 0.1) is 23.5 Å². The number of benzene rings is 1. The number of nitrogens with zero attached hydrogens (tertiary/aromatic N) is 2. The Hall–Kier alpha value is -3.41. The molecule has 0 spiro atoms. The monoisotopic (exact) mass is 304 g/mol. The van der Waals surface area contributed by atoms with E-state index in [0.717, 1.165) is 10.9 Å². The van der Waals surface area contributed by atoms with Crippen LogP contribution >= 0.6 is 0 Å². The second-order valence-corrected chi connectivity index (χ2v) is 4.97. The molecule has 112 valence electrons. The van der Waals surface area contributed by atoms with Gasteiger partial charge in [0.25, 0.3) is 5.91 Å². The lowest BCUT2D eigenvalue weighted by Gasteiger charge is -2.08.